The molecule has 43 nitrogen and oxygen atoms in total. The summed E-state index contributed by atoms with van der Waals surface area (Å²) < 4.78 is 82.6. The van der Waals surface area contributed by atoms with Gasteiger partial charge in [0.25, 0.3) is 0 Å². The Hall–Kier alpha value is -3.07. The number of aliphatic carboxylic acids is 1. The van der Waals surface area contributed by atoms with E-state index in [1.807, 2.05) is 0 Å². The van der Waals surface area contributed by atoms with E-state index in [1.165, 1.54) is 6.92 Å². The highest BCUT2D eigenvalue weighted by atomic mass is 16.8. The van der Waals surface area contributed by atoms with E-state index < -0.39 is 303 Å². The lowest BCUT2D eigenvalue weighted by Gasteiger charge is -2.52. The summed E-state index contributed by atoms with van der Waals surface area (Å²) in [7, 11) is 0. The predicted octanol–water partition coefficient (Wildman–Crippen LogP) is -17.4. The fourth-order valence-corrected chi connectivity index (χ4v) is 11.8. The van der Waals surface area contributed by atoms with E-state index in [1.54, 1.807) is 0 Å². The number of carboxylic acids is 1. The van der Waals surface area contributed by atoms with Crippen LogP contribution in [0.1, 0.15) is 20.8 Å². The SMILES string of the molecule is CC(=O)N[C@H]1[C@@H](O[C@@H]2[C@H](O)[C@@H](O)[C@H](O[C@@H]3[C@H](O[C@@H]4O[C@H](CO)[C@H](O)[C@H](O[C@@H]5O[C@H](C(=O)O)[C@@H](O)[C@H](O)[C@H]5O)[C@H]4O)[C@@H](O[C@@H]4O[C@@H](C)[C@@H](O)[C@@H](O)[C@@H]4O)[C@H](O[C@@H]([C@@H](O)[C@H](O)CO)[C@H](CO)NC(C)=O)O[C@@H]3CO)O[C@@H]2CO)O[C@H](CO)[C@H](O)[C@@H]1O[C@@H]1O[C@H](CO)[C@H](O)[C@H](O)[C@H]1O. The summed E-state index contributed by atoms with van der Waals surface area (Å²) in [6.07, 6.45) is -81.0. The predicted molar refractivity (Wildman–Crippen MR) is 289 cm³/mol. The van der Waals surface area contributed by atoms with Crippen LogP contribution in [0.15, 0.2) is 0 Å². The summed E-state index contributed by atoms with van der Waals surface area (Å²) in [6.45, 7) is -5.19. The molecule has 95 heavy (non-hydrogen) atoms. The zero-order valence-corrected chi connectivity index (χ0v) is 50.6. The summed E-state index contributed by atoms with van der Waals surface area (Å²) >= 11 is 0. The third kappa shape index (κ3) is 17.5. The summed E-state index contributed by atoms with van der Waals surface area (Å²) in [5, 5.41) is 266. The molecule has 7 heterocycles. The molecule has 0 radical (unpaired) electrons. The second-order valence-corrected chi connectivity index (χ2v) is 23.6. The first-order valence-corrected chi connectivity index (χ1v) is 29.9. The number of carbonyl (C=O) groups is 3. The van der Waals surface area contributed by atoms with E-state index in [4.69, 9.17) is 66.3 Å². The minimum Gasteiger partial charge on any atom is -0.479 e. The molecule has 0 aliphatic carbocycles. The summed E-state index contributed by atoms with van der Waals surface area (Å²) in [5.74, 6) is -3.74. The molecular formula is C52H88N2O41. The normalized spacial score (nSPS) is 47.2. The van der Waals surface area contributed by atoms with Gasteiger partial charge in [-0.15, -0.1) is 0 Å². The molecule has 43 heteroatoms. The number of carbonyl (C=O) groups excluding carboxylic acids is 2. The first-order valence-electron chi connectivity index (χ1n) is 29.9. The van der Waals surface area contributed by atoms with E-state index in [-0.39, 0.29) is 0 Å². The monoisotopic (exact) mass is 1400 g/mol. The molecule has 39 atom stereocenters. The van der Waals surface area contributed by atoms with Gasteiger partial charge in [-0.2, -0.15) is 0 Å². The van der Waals surface area contributed by atoms with E-state index >= 15 is 0 Å². The quantitative estimate of drug-likeness (QED) is 0.0363. The van der Waals surface area contributed by atoms with Crippen LogP contribution in [0.4, 0.5) is 0 Å². The minimum absolute atomic E-state index is 0.913. The maximum Gasteiger partial charge on any atom is 0.335 e. The van der Waals surface area contributed by atoms with Gasteiger partial charge < -0.3 is 200 Å². The number of hydrogen-bond donors (Lipinski definition) is 26. The molecule has 0 spiro atoms. The molecule has 7 fully saturated rings. The summed E-state index contributed by atoms with van der Waals surface area (Å²) in [4.78, 5) is 37.4. The van der Waals surface area contributed by atoms with Crippen molar-refractivity contribution < 1.29 is 203 Å². The fraction of sp³-hybridized carbons (Fsp3) is 0.942. The van der Waals surface area contributed by atoms with Crippen LogP contribution in [-0.2, 0) is 80.7 Å². The van der Waals surface area contributed by atoms with E-state index in [0.29, 0.717) is 0 Å². The van der Waals surface area contributed by atoms with Crippen molar-refractivity contribution in [3.8, 4) is 0 Å². The van der Waals surface area contributed by atoms with Crippen LogP contribution in [0, 0.1) is 0 Å². The van der Waals surface area contributed by atoms with Crippen molar-refractivity contribution in [1.82, 2.24) is 10.6 Å². The first-order chi connectivity index (χ1) is 44.8. The second-order valence-electron chi connectivity index (χ2n) is 23.6. The largest absolute Gasteiger partial charge is 0.479 e. The van der Waals surface area contributed by atoms with E-state index in [2.05, 4.69) is 10.6 Å². The zero-order chi connectivity index (χ0) is 70.5. The van der Waals surface area contributed by atoms with Crippen molar-refractivity contribution in [2.24, 2.45) is 0 Å². The smallest absolute Gasteiger partial charge is 0.335 e. The van der Waals surface area contributed by atoms with Gasteiger partial charge in [-0.05, 0) is 6.92 Å². The molecule has 7 rings (SSSR count). The minimum atomic E-state index is -2.57. The number of nitrogens with one attached hydrogen (secondary N) is 2. The van der Waals surface area contributed by atoms with Gasteiger partial charge in [0.1, 0.15) is 177 Å². The van der Waals surface area contributed by atoms with E-state index in [9.17, 15) is 137 Å². The van der Waals surface area contributed by atoms with Gasteiger partial charge in [-0.25, -0.2) is 4.79 Å². The molecular weight excluding hydrogens is 1310 g/mol. The van der Waals surface area contributed by atoms with Crippen LogP contribution in [-0.4, -0.2) is 426 Å². The van der Waals surface area contributed by atoms with Crippen molar-refractivity contribution >= 4 is 17.8 Å². The van der Waals surface area contributed by atoms with Crippen LogP contribution < -0.4 is 10.6 Å². The van der Waals surface area contributed by atoms with Crippen LogP contribution >= 0.6 is 0 Å². The molecule has 0 aromatic heterocycles. The van der Waals surface area contributed by atoms with Gasteiger partial charge in [0.15, 0.2) is 50.1 Å². The Labute approximate surface area is 537 Å². The molecule has 7 saturated heterocycles. The Balaban J connectivity index is 1.31. The molecule has 0 aromatic carbocycles. The molecule has 2 amide bonds. The number of aliphatic hydroxyl groups excluding tert-OH is 23. The van der Waals surface area contributed by atoms with Crippen molar-refractivity contribution in [3.05, 3.63) is 0 Å². The van der Waals surface area contributed by atoms with Gasteiger partial charge in [0.05, 0.1) is 58.4 Å². The number of aliphatic hydroxyl groups is 23. The Morgan fingerprint density at radius 2 is 0.800 bits per heavy atom. The lowest BCUT2D eigenvalue weighted by atomic mass is 9.94. The van der Waals surface area contributed by atoms with Crippen molar-refractivity contribution in [1.29, 1.82) is 0 Å². The molecule has 26 N–H and O–H groups in total. The Morgan fingerprint density at radius 1 is 0.389 bits per heavy atom. The Kier molecular flexibility index (Phi) is 28.8. The van der Waals surface area contributed by atoms with Gasteiger partial charge >= 0.3 is 5.97 Å². The van der Waals surface area contributed by atoms with Crippen molar-refractivity contribution in [2.75, 3.05) is 46.2 Å². The van der Waals surface area contributed by atoms with Crippen molar-refractivity contribution in [3.63, 3.8) is 0 Å². The molecule has 7 aliphatic heterocycles. The lowest BCUT2D eigenvalue weighted by Crippen LogP contribution is -2.71. The molecule has 0 unspecified atom stereocenters. The molecule has 7 aliphatic rings. The highest BCUT2D eigenvalue weighted by molar-refractivity contribution is 5.74. The average Bonchev–Trinajstić information content (AvgIpc) is 0.764. The van der Waals surface area contributed by atoms with Crippen LogP contribution in [0.25, 0.3) is 0 Å². The first kappa shape index (κ1) is 79.3. The fourth-order valence-electron chi connectivity index (χ4n) is 11.8. The van der Waals surface area contributed by atoms with Crippen LogP contribution in [0.3, 0.4) is 0 Å². The highest BCUT2D eigenvalue weighted by Crippen LogP contribution is 2.40. The third-order valence-electron chi connectivity index (χ3n) is 17.0. The number of amides is 2. The summed E-state index contributed by atoms with van der Waals surface area (Å²) in [5.41, 5.74) is 0. The third-order valence-corrected chi connectivity index (χ3v) is 17.0. The Morgan fingerprint density at radius 3 is 1.33 bits per heavy atom. The summed E-state index contributed by atoms with van der Waals surface area (Å²) in [6, 6.07) is -3.66. The van der Waals surface area contributed by atoms with Gasteiger partial charge in [-0.1, -0.05) is 0 Å². The van der Waals surface area contributed by atoms with E-state index in [0.717, 1.165) is 13.8 Å². The standard InChI is InChI=1S/C52H88N2O41/c1-11-22(65)27(70)32(75)47(82-11)95-44-43(94-51-36(79)41(26(69)18(8-59)85-51)92-50-34(77)29(72)30(73)42(93-50)45(80)81)39(20(10-61)87-52(44)88-37(23(66)15(64)5-56)14(4-55)53-12(2)62)90-49-35(78)31(74)38(19(9-60)86-49)89-46-21(54-13(3)63)40(25(68)17(7-58)83-46)91-48-33(76)28(71)24(67)16(6-57)84-48/h11,14-44,46-52,55-61,64-79H,4-10H2,1-3H3,(H,53,62)(H,54,63)(H,80,81)/t11-,14-,15+,16+,17+,18+,19+,20+,21+,22+,23-,24-,25-,26-,27+,28-,29-,30-,31+,32-,33+,34+,35+,36+,37+,38-,39-,40+,41-,42-,43-,44+,46+,47-,48-,49-,50+,51-,52-/m0/s1. The number of ether oxygens (including phenoxy) is 14. The average molecular weight is 1400 g/mol. The lowest BCUT2D eigenvalue weighted by molar-refractivity contribution is -0.418. The molecule has 0 bridgehead atoms. The van der Waals surface area contributed by atoms with Crippen molar-refractivity contribution in [2.45, 2.75) is 260 Å². The van der Waals surface area contributed by atoms with Crippen LogP contribution in [0.2, 0.25) is 0 Å². The molecule has 0 saturated carbocycles. The van der Waals surface area contributed by atoms with Crippen LogP contribution in [0.5, 0.6) is 0 Å². The van der Waals surface area contributed by atoms with Gasteiger partial charge in [0.2, 0.25) is 11.8 Å². The number of rotatable bonds is 27. The number of carboxylic acid groups (broad SMARTS) is 1. The topological polar surface area (TPSA) is 690 Å². The molecule has 552 valence electrons. The maximum atomic E-state index is 12.8. The number of hydrogen-bond acceptors (Lipinski definition) is 40. The maximum absolute atomic E-state index is 12.8. The van der Waals surface area contributed by atoms with Gasteiger partial charge in [0, 0.05) is 13.8 Å². The highest BCUT2D eigenvalue weighted by Gasteiger charge is 2.61. The second kappa shape index (κ2) is 34.5. The van der Waals surface area contributed by atoms with Gasteiger partial charge in [-0.3, -0.25) is 9.59 Å². The Bertz CT molecular complexity index is 2400. The molecule has 0 aromatic rings. The zero-order valence-electron chi connectivity index (χ0n) is 50.6.